The predicted octanol–water partition coefficient (Wildman–Crippen LogP) is 1.60. The molecule has 0 aliphatic heterocycles. The largest absolute Gasteiger partial charge is 0.296 e. The average molecular weight is 119 g/mol. The van der Waals surface area contributed by atoms with Gasteiger partial charge in [-0.25, -0.2) is 0 Å². The standard InChI is InChI=1S/C5H14NP/c1-4-5(2)6-7-3/h5-7H,4H2,1-3H3. The van der Waals surface area contributed by atoms with Crippen LogP contribution in [0.15, 0.2) is 0 Å². The van der Waals surface area contributed by atoms with Gasteiger partial charge in [0.05, 0.1) is 0 Å². The van der Waals surface area contributed by atoms with Crippen LogP contribution in [0.25, 0.3) is 0 Å². The Balaban J connectivity index is 2.83. The minimum atomic E-state index is 0.711. The van der Waals surface area contributed by atoms with E-state index in [9.17, 15) is 0 Å². The Bertz CT molecular complexity index is 39.1. The van der Waals surface area contributed by atoms with Gasteiger partial charge in [-0.05, 0) is 20.0 Å². The van der Waals surface area contributed by atoms with Crippen molar-refractivity contribution in [1.29, 1.82) is 0 Å². The van der Waals surface area contributed by atoms with E-state index in [0.29, 0.717) is 6.04 Å². The SMILES string of the molecule is CCC(C)NPC. The van der Waals surface area contributed by atoms with Crippen LogP contribution in [0.3, 0.4) is 0 Å². The summed E-state index contributed by atoms with van der Waals surface area (Å²) in [6.45, 7) is 6.56. The molecule has 0 aromatic carbocycles. The molecular weight excluding hydrogens is 105 g/mol. The fourth-order valence-electron chi connectivity index (χ4n) is 0.348. The maximum absolute atomic E-state index is 3.32. The normalized spacial score (nSPS) is 15.9. The van der Waals surface area contributed by atoms with E-state index in [0.717, 1.165) is 8.73 Å². The minimum absolute atomic E-state index is 0.711. The zero-order chi connectivity index (χ0) is 5.70. The highest BCUT2D eigenvalue weighted by atomic mass is 31.1. The molecule has 0 saturated carbocycles. The summed E-state index contributed by atoms with van der Waals surface area (Å²) in [5, 5.41) is 3.32. The minimum Gasteiger partial charge on any atom is -0.296 e. The van der Waals surface area contributed by atoms with Crippen molar-refractivity contribution in [3.63, 3.8) is 0 Å². The number of rotatable bonds is 3. The molecule has 0 aliphatic rings. The van der Waals surface area contributed by atoms with Crippen molar-refractivity contribution in [3.8, 4) is 0 Å². The molecule has 2 heteroatoms. The molecule has 0 aliphatic carbocycles. The van der Waals surface area contributed by atoms with Gasteiger partial charge >= 0.3 is 0 Å². The molecule has 0 fully saturated rings. The lowest BCUT2D eigenvalue weighted by Crippen LogP contribution is -2.15. The highest BCUT2D eigenvalue weighted by Crippen LogP contribution is 1.98. The molecule has 44 valence electrons. The van der Waals surface area contributed by atoms with Gasteiger partial charge in [0.2, 0.25) is 0 Å². The van der Waals surface area contributed by atoms with Gasteiger partial charge in [0.25, 0.3) is 0 Å². The molecule has 0 saturated heterocycles. The Morgan fingerprint density at radius 3 is 2.43 bits per heavy atom. The van der Waals surface area contributed by atoms with Gasteiger partial charge in [-0.1, -0.05) is 15.7 Å². The first kappa shape index (κ1) is 7.39. The molecule has 2 unspecified atom stereocenters. The maximum Gasteiger partial charge on any atom is 0.00701 e. The summed E-state index contributed by atoms with van der Waals surface area (Å²) in [7, 11) is 0.895. The van der Waals surface area contributed by atoms with Crippen molar-refractivity contribution < 1.29 is 0 Å². The first-order valence-corrected chi connectivity index (χ1v) is 4.23. The molecule has 7 heavy (non-hydrogen) atoms. The van der Waals surface area contributed by atoms with Crippen molar-refractivity contribution in [2.24, 2.45) is 0 Å². The second-order valence-corrected chi connectivity index (χ2v) is 2.49. The Morgan fingerprint density at radius 2 is 2.29 bits per heavy atom. The van der Waals surface area contributed by atoms with Crippen LogP contribution in [0.4, 0.5) is 0 Å². The molecule has 0 bridgehead atoms. The van der Waals surface area contributed by atoms with E-state index < -0.39 is 0 Å². The van der Waals surface area contributed by atoms with Gasteiger partial charge in [0, 0.05) is 6.04 Å². The summed E-state index contributed by atoms with van der Waals surface area (Å²) >= 11 is 0. The third kappa shape index (κ3) is 4.24. The van der Waals surface area contributed by atoms with Gasteiger partial charge in [-0.2, -0.15) is 0 Å². The van der Waals surface area contributed by atoms with Gasteiger partial charge in [0.1, 0.15) is 0 Å². The van der Waals surface area contributed by atoms with Crippen LogP contribution in [0, 0.1) is 0 Å². The lowest BCUT2D eigenvalue weighted by atomic mass is 10.3. The molecule has 0 aromatic rings. The van der Waals surface area contributed by atoms with Crippen LogP contribution in [0.2, 0.25) is 0 Å². The summed E-state index contributed by atoms with van der Waals surface area (Å²) in [5.41, 5.74) is 0. The van der Waals surface area contributed by atoms with Gasteiger partial charge < -0.3 is 0 Å². The van der Waals surface area contributed by atoms with Crippen LogP contribution < -0.4 is 5.09 Å². The summed E-state index contributed by atoms with van der Waals surface area (Å²) in [4.78, 5) is 0. The molecule has 0 rings (SSSR count). The Hall–Kier alpha value is 0.390. The zero-order valence-corrected chi connectivity index (χ0v) is 6.28. The average Bonchev–Trinajstić information content (AvgIpc) is 1.68. The molecule has 0 amide bonds. The topological polar surface area (TPSA) is 12.0 Å². The zero-order valence-electron chi connectivity index (χ0n) is 5.28. The molecule has 1 N–H and O–H groups in total. The van der Waals surface area contributed by atoms with Gasteiger partial charge in [0.15, 0.2) is 0 Å². The lowest BCUT2D eigenvalue weighted by molar-refractivity contribution is 0.666. The van der Waals surface area contributed by atoms with Gasteiger partial charge in [-0.15, -0.1) is 0 Å². The first-order valence-electron chi connectivity index (χ1n) is 2.73. The van der Waals surface area contributed by atoms with E-state index in [2.05, 4.69) is 25.6 Å². The second-order valence-electron chi connectivity index (χ2n) is 1.70. The molecule has 0 spiro atoms. The number of nitrogens with one attached hydrogen (secondary N) is 1. The highest BCUT2D eigenvalue weighted by molar-refractivity contribution is 7.34. The maximum atomic E-state index is 3.32. The van der Waals surface area contributed by atoms with E-state index >= 15 is 0 Å². The van der Waals surface area contributed by atoms with E-state index in [-0.39, 0.29) is 0 Å². The van der Waals surface area contributed by atoms with Crippen molar-refractivity contribution in [2.75, 3.05) is 6.66 Å². The number of hydrogen-bond donors (Lipinski definition) is 1. The third-order valence-corrected chi connectivity index (χ3v) is 1.78. The first-order chi connectivity index (χ1) is 3.31. The summed E-state index contributed by atoms with van der Waals surface area (Å²) in [6.07, 6.45) is 1.24. The van der Waals surface area contributed by atoms with Crippen molar-refractivity contribution in [1.82, 2.24) is 5.09 Å². The quantitative estimate of drug-likeness (QED) is 0.556. The molecule has 0 radical (unpaired) electrons. The monoisotopic (exact) mass is 119 g/mol. The lowest BCUT2D eigenvalue weighted by Gasteiger charge is -2.06. The predicted molar refractivity (Wildman–Crippen MR) is 37.1 cm³/mol. The van der Waals surface area contributed by atoms with Crippen molar-refractivity contribution >= 4 is 8.73 Å². The smallest absolute Gasteiger partial charge is 0.00701 e. The van der Waals surface area contributed by atoms with Crippen molar-refractivity contribution in [3.05, 3.63) is 0 Å². The summed E-state index contributed by atoms with van der Waals surface area (Å²) in [5.74, 6) is 0. The van der Waals surface area contributed by atoms with Crippen LogP contribution in [-0.2, 0) is 0 Å². The Kier molecular flexibility index (Phi) is 4.80. The van der Waals surface area contributed by atoms with E-state index in [1.54, 1.807) is 0 Å². The van der Waals surface area contributed by atoms with Crippen molar-refractivity contribution in [2.45, 2.75) is 26.3 Å². The van der Waals surface area contributed by atoms with Gasteiger partial charge in [-0.3, -0.25) is 5.09 Å². The third-order valence-electron chi connectivity index (χ3n) is 1.00. The Morgan fingerprint density at radius 1 is 1.71 bits per heavy atom. The second kappa shape index (κ2) is 4.55. The molecule has 1 nitrogen and oxygen atoms in total. The van der Waals surface area contributed by atoms with Crippen LogP contribution in [0.5, 0.6) is 0 Å². The molecule has 0 heterocycles. The molecular formula is C5H14NP. The number of hydrogen-bond acceptors (Lipinski definition) is 1. The molecule has 2 atom stereocenters. The fraction of sp³-hybridized carbons (Fsp3) is 1.00. The van der Waals surface area contributed by atoms with E-state index in [1.165, 1.54) is 6.42 Å². The van der Waals surface area contributed by atoms with Crippen LogP contribution >= 0.6 is 8.73 Å². The van der Waals surface area contributed by atoms with Crippen LogP contribution in [0.1, 0.15) is 20.3 Å². The molecule has 0 aromatic heterocycles. The van der Waals surface area contributed by atoms with Crippen LogP contribution in [-0.4, -0.2) is 12.7 Å². The van der Waals surface area contributed by atoms with E-state index in [4.69, 9.17) is 0 Å². The fourth-order valence-corrected chi connectivity index (χ4v) is 1.05. The summed E-state index contributed by atoms with van der Waals surface area (Å²) < 4.78 is 0. The Labute approximate surface area is 47.7 Å². The summed E-state index contributed by atoms with van der Waals surface area (Å²) in [6, 6.07) is 0.711. The highest BCUT2D eigenvalue weighted by Gasteiger charge is 1.90. The van der Waals surface area contributed by atoms with E-state index in [1.807, 2.05) is 0 Å².